The Hall–Kier alpha value is -2.64. The number of nitrogens with zero attached hydrogens (tertiary/aromatic N) is 1. The van der Waals surface area contributed by atoms with Gasteiger partial charge in [-0.2, -0.15) is 11.3 Å². The highest BCUT2D eigenvalue weighted by Gasteiger charge is 2.19. The smallest absolute Gasteiger partial charge is 0.319 e. The SMILES string of the molecule is C=CCNC(=O)c1ccc(NC(=O)NCC(c2ccsc2)N(CC)CC)cc1. The second kappa shape index (κ2) is 11.3. The predicted molar refractivity (Wildman–Crippen MR) is 116 cm³/mol. The van der Waals surface area contributed by atoms with Crippen molar-refractivity contribution in [2.24, 2.45) is 0 Å². The maximum atomic E-state index is 12.3. The Morgan fingerprint density at radius 1 is 1.14 bits per heavy atom. The van der Waals surface area contributed by atoms with Gasteiger partial charge in [-0.25, -0.2) is 4.79 Å². The minimum atomic E-state index is -0.267. The van der Waals surface area contributed by atoms with Crippen LogP contribution >= 0.6 is 11.3 Å². The minimum absolute atomic E-state index is 0.142. The Labute approximate surface area is 170 Å². The number of hydrogen-bond acceptors (Lipinski definition) is 4. The Kier molecular flexibility index (Phi) is 8.71. The molecule has 1 aromatic carbocycles. The summed E-state index contributed by atoms with van der Waals surface area (Å²) in [6, 6.07) is 8.76. The van der Waals surface area contributed by atoms with Gasteiger partial charge in [-0.3, -0.25) is 9.69 Å². The molecule has 1 aromatic heterocycles. The van der Waals surface area contributed by atoms with Crippen LogP contribution in [0.2, 0.25) is 0 Å². The van der Waals surface area contributed by atoms with Crippen molar-refractivity contribution in [1.82, 2.24) is 15.5 Å². The fourth-order valence-electron chi connectivity index (χ4n) is 2.92. The molecule has 0 aliphatic rings. The lowest BCUT2D eigenvalue weighted by Gasteiger charge is -2.29. The van der Waals surface area contributed by atoms with Gasteiger partial charge in [0.1, 0.15) is 0 Å². The first-order valence-electron chi connectivity index (χ1n) is 9.39. The lowest BCUT2D eigenvalue weighted by molar-refractivity contribution is 0.0958. The van der Waals surface area contributed by atoms with Gasteiger partial charge >= 0.3 is 6.03 Å². The summed E-state index contributed by atoms with van der Waals surface area (Å²) in [5, 5.41) is 12.7. The number of hydrogen-bond donors (Lipinski definition) is 3. The van der Waals surface area contributed by atoms with E-state index < -0.39 is 0 Å². The summed E-state index contributed by atoms with van der Waals surface area (Å²) in [7, 11) is 0. The van der Waals surface area contributed by atoms with Gasteiger partial charge in [-0.15, -0.1) is 6.58 Å². The maximum absolute atomic E-state index is 12.3. The molecular formula is C21H28N4O2S. The number of anilines is 1. The molecule has 1 heterocycles. The van der Waals surface area contributed by atoms with Crippen LogP contribution in [-0.4, -0.2) is 43.0 Å². The number of amides is 3. The first-order chi connectivity index (χ1) is 13.6. The molecule has 28 heavy (non-hydrogen) atoms. The number of carbonyl (C=O) groups excluding carboxylic acids is 2. The van der Waals surface area contributed by atoms with E-state index in [4.69, 9.17) is 0 Å². The van der Waals surface area contributed by atoms with E-state index in [9.17, 15) is 9.59 Å². The Balaban J connectivity index is 1.91. The van der Waals surface area contributed by atoms with Crippen molar-refractivity contribution in [2.45, 2.75) is 19.9 Å². The molecule has 150 valence electrons. The monoisotopic (exact) mass is 400 g/mol. The number of urea groups is 1. The van der Waals surface area contributed by atoms with Gasteiger partial charge in [0.25, 0.3) is 5.91 Å². The van der Waals surface area contributed by atoms with Crippen molar-refractivity contribution in [2.75, 3.05) is 31.5 Å². The van der Waals surface area contributed by atoms with E-state index in [2.05, 4.69) is 58.1 Å². The zero-order chi connectivity index (χ0) is 20.4. The van der Waals surface area contributed by atoms with Crippen LogP contribution in [0, 0.1) is 0 Å². The van der Waals surface area contributed by atoms with Crippen LogP contribution in [0.3, 0.4) is 0 Å². The van der Waals surface area contributed by atoms with Gasteiger partial charge in [-0.05, 0) is 59.7 Å². The number of likely N-dealkylation sites (N-methyl/N-ethyl adjacent to an activating group) is 1. The van der Waals surface area contributed by atoms with Crippen molar-refractivity contribution >= 4 is 29.0 Å². The lowest BCUT2D eigenvalue weighted by Crippen LogP contribution is -2.39. The molecule has 2 rings (SSSR count). The molecule has 2 aromatic rings. The second-order valence-electron chi connectivity index (χ2n) is 6.20. The number of rotatable bonds is 10. The molecule has 3 N–H and O–H groups in total. The van der Waals surface area contributed by atoms with Crippen LogP contribution in [0.15, 0.2) is 53.7 Å². The summed E-state index contributed by atoms with van der Waals surface area (Å²) < 4.78 is 0. The average Bonchev–Trinajstić information content (AvgIpc) is 3.24. The van der Waals surface area contributed by atoms with Gasteiger partial charge in [0, 0.05) is 24.3 Å². The normalized spacial score (nSPS) is 11.7. The summed E-state index contributed by atoms with van der Waals surface area (Å²) in [4.78, 5) is 26.5. The highest BCUT2D eigenvalue weighted by Crippen LogP contribution is 2.22. The third-order valence-corrected chi connectivity index (χ3v) is 5.15. The number of carbonyl (C=O) groups is 2. The molecule has 0 spiro atoms. The summed E-state index contributed by atoms with van der Waals surface area (Å²) >= 11 is 1.66. The fraction of sp³-hybridized carbons (Fsp3) is 0.333. The Morgan fingerprint density at radius 2 is 1.86 bits per heavy atom. The molecule has 1 atom stereocenters. The van der Waals surface area contributed by atoms with Gasteiger partial charge in [0.2, 0.25) is 0 Å². The van der Waals surface area contributed by atoms with E-state index in [0.717, 1.165) is 13.1 Å². The van der Waals surface area contributed by atoms with Crippen LogP contribution in [-0.2, 0) is 0 Å². The van der Waals surface area contributed by atoms with Crippen LogP contribution in [0.1, 0.15) is 35.8 Å². The summed E-state index contributed by atoms with van der Waals surface area (Å²) in [6.45, 7) is 10.6. The third kappa shape index (κ3) is 6.21. The zero-order valence-corrected chi connectivity index (χ0v) is 17.2. The van der Waals surface area contributed by atoms with Crippen molar-refractivity contribution in [3.63, 3.8) is 0 Å². The largest absolute Gasteiger partial charge is 0.349 e. The lowest BCUT2D eigenvalue weighted by atomic mass is 10.1. The van der Waals surface area contributed by atoms with Crippen LogP contribution in [0.25, 0.3) is 0 Å². The maximum Gasteiger partial charge on any atom is 0.319 e. The predicted octanol–water partition coefficient (Wildman–Crippen LogP) is 3.87. The molecule has 0 radical (unpaired) electrons. The average molecular weight is 401 g/mol. The van der Waals surface area contributed by atoms with Gasteiger partial charge < -0.3 is 16.0 Å². The summed E-state index contributed by atoms with van der Waals surface area (Å²) in [5.41, 5.74) is 2.38. The standard InChI is InChI=1S/C21H28N4O2S/c1-4-12-22-20(26)16-7-9-18(10-8-16)24-21(27)23-14-19(25(5-2)6-3)17-11-13-28-15-17/h4,7-11,13,15,19H,1,5-6,12,14H2,2-3H3,(H,22,26)(H2,23,24,27). The van der Waals surface area contributed by atoms with E-state index in [0.29, 0.717) is 24.3 Å². The van der Waals surface area contributed by atoms with Crippen LogP contribution in [0.4, 0.5) is 10.5 Å². The topological polar surface area (TPSA) is 73.5 Å². The van der Waals surface area contributed by atoms with Crippen molar-refractivity contribution in [3.8, 4) is 0 Å². The minimum Gasteiger partial charge on any atom is -0.349 e. The van der Waals surface area contributed by atoms with Crippen molar-refractivity contribution in [3.05, 3.63) is 64.9 Å². The molecule has 7 heteroatoms. The van der Waals surface area contributed by atoms with Crippen molar-refractivity contribution < 1.29 is 9.59 Å². The molecule has 1 unspecified atom stereocenters. The Bertz CT molecular complexity index is 755. The molecule has 0 aliphatic carbocycles. The van der Waals surface area contributed by atoms with Gasteiger partial charge in [0.15, 0.2) is 0 Å². The molecule has 0 fully saturated rings. The molecule has 0 aliphatic heterocycles. The summed E-state index contributed by atoms with van der Waals surface area (Å²) in [5.74, 6) is -0.172. The van der Waals surface area contributed by atoms with E-state index in [1.54, 1.807) is 41.7 Å². The van der Waals surface area contributed by atoms with Crippen LogP contribution in [0.5, 0.6) is 0 Å². The van der Waals surface area contributed by atoms with E-state index >= 15 is 0 Å². The molecule has 3 amide bonds. The highest BCUT2D eigenvalue weighted by molar-refractivity contribution is 7.07. The van der Waals surface area contributed by atoms with E-state index in [-0.39, 0.29) is 18.0 Å². The number of nitrogens with one attached hydrogen (secondary N) is 3. The van der Waals surface area contributed by atoms with E-state index in [1.807, 2.05) is 0 Å². The number of benzene rings is 1. The second-order valence-corrected chi connectivity index (χ2v) is 6.98. The molecular weight excluding hydrogens is 372 g/mol. The molecule has 0 bridgehead atoms. The molecule has 0 saturated carbocycles. The first-order valence-corrected chi connectivity index (χ1v) is 10.3. The molecule has 0 saturated heterocycles. The van der Waals surface area contributed by atoms with Crippen molar-refractivity contribution in [1.29, 1.82) is 0 Å². The van der Waals surface area contributed by atoms with Crippen LogP contribution < -0.4 is 16.0 Å². The summed E-state index contributed by atoms with van der Waals surface area (Å²) in [6.07, 6.45) is 1.62. The highest BCUT2D eigenvalue weighted by atomic mass is 32.1. The fourth-order valence-corrected chi connectivity index (χ4v) is 3.63. The van der Waals surface area contributed by atoms with Gasteiger partial charge in [-0.1, -0.05) is 19.9 Å². The molecule has 6 nitrogen and oxygen atoms in total. The third-order valence-electron chi connectivity index (χ3n) is 4.45. The quantitative estimate of drug-likeness (QED) is 0.530. The van der Waals surface area contributed by atoms with Gasteiger partial charge in [0.05, 0.1) is 6.04 Å². The zero-order valence-electron chi connectivity index (χ0n) is 16.4. The number of thiophene rings is 1. The van der Waals surface area contributed by atoms with E-state index in [1.165, 1.54) is 5.56 Å². The first kappa shape index (κ1) is 21.7. The Morgan fingerprint density at radius 3 is 2.43 bits per heavy atom.